The van der Waals surface area contributed by atoms with Crippen molar-refractivity contribution in [2.45, 2.75) is 65.2 Å². The van der Waals surface area contributed by atoms with E-state index in [9.17, 15) is 0 Å². The third kappa shape index (κ3) is 7.47. The molecular weight excluding hydrogens is 184 g/mol. The third-order valence-electron chi connectivity index (χ3n) is 3.12. The molecule has 0 aromatic heterocycles. The van der Waals surface area contributed by atoms with Crippen LogP contribution in [0, 0.1) is 5.92 Å². The first-order chi connectivity index (χ1) is 7.26. The van der Waals surface area contributed by atoms with Gasteiger partial charge in [-0.05, 0) is 12.8 Å². The Morgan fingerprint density at radius 3 is 2.20 bits per heavy atom. The van der Waals surface area contributed by atoms with Crippen LogP contribution < -0.4 is 0 Å². The van der Waals surface area contributed by atoms with Gasteiger partial charge < -0.3 is 4.74 Å². The van der Waals surface area contributed by atoms with Crippen LogP contribution in [-0.2, 0) is 4.74 Å². The molecule has 0 aliphatic rings. The average molecular weight is 212 g/mol. The smallest absolute Gasteiger partial charge is 0.0914 e. The number of methoxy groups -OCH3 is 1. The summed E-state index contributed by atoms with van der Waals surface area (Å²) in [6.45, 7) is 8.42. The van der Waals surface area contributed by atoms with Crippen molar-refractivity contribution in [3.8, 4) is 0 Å². The fourth-order valence-corrected chi connectivity index (χ4v) is 1.93. The highest BCUT2D eigenvalue weighted by Gasteiger charge is 2.09. The van der Waals surface area contributed by atoms with Crippen molar-refractivity contribution in [1.29, 1.82) is 0 Å². The number of allylic oxidation sites excluding steroid dienone is 1. The molecule has 1 atom stereocenters. The SMILES string of the molecule is C=C(OC)C(CC)CCCCCCCC. The standard InChI is InChI=1S/C14H28O/c1-5-7-8-9-10-11-12-14(6-2)13(3)15-4/h14H,3,5-12H2,1-2,4H3. The van der Waals surface area contributed by atoms with E-state index in [0.29, 0.717) is 5.92 Å². The molecule has 90 valence electrons. The lowest BCUT2D eigenvalue weighted by molar-refractivity contribution is 0.232. The first-order valence-electron chi connectivity index (χ1n) is 6.49. The number of unbranched alkanes of at least 4 members (excludes halogenated alkanes) is 5. The first kappa shape index (κ1) is 14.5. The number of hydrogen-bond donors (Lipinski definition) is 0. The Balaban J connectivity index is 3.42. The van der Waals surface area contributed by atoms with Gasteiger partial charge in [0.1, 0.15) is 0 Å². The van der Waals surface area contributed by atoms with Crippen LogP contribution in [0.3, 0.4) is 0 Å². The Morgan fingerprint density at radius 2 is 1.67 bits per heavy atom. The molecule has 0 amide bonds. The molecular formula is C14H28O. The van der Waals surface area contributed by atoms with E-state index >= 15 is 0 Å². The second-order valence-electron chi connectivity index (χ2n) is 4.33. The van der Waals surface area contributed by atoms with Crippen molar-refractivity contribution < 1.29 is 4.74 Å². The van der Waals surface area contributed by atoms with Gasteiger partial charge in [-0.15, -0.1) is 0 Å². The Bertz CT molecular complexity index is 151. The summed E-state index contributed by atoms with van der Waals surface area (Å²) in [7, 11) is 1.73. The van der Waals surface area contributed by atoms with Crippen molar-refractivity contribution >= 4 is 0 Å². The van der Waals surface area contributed by atoms with Crippen LogP contribution in [0.25, 0.3) is 0 Å². The summed E-state index contributed by atoms with van der Waals surface area (Å²) in [6.07, 6.45) is 10.6. The molecule has 1 nitrogen and oxygen atoms in total. The van der Waals surface area contributed by atoms with Crippen LogP contribution in [0.2, 0.25) is 0 Å². The Kier molecular flexibility index (Phi) is 9.76. The molecule has 0 radical (unpaired) electrons. The van der Waals surface area contributed by atoms with Gasteiger partial charge >= 0.3 is 0 Å². The van der Waals surface area contributed by atoms with E-state index in [1.807, 2.05) is 0 Å². The molecule has 1 unspecified atom stereocenters. The molecule has 0 spiro atoms. The van der Waals surface area contributed by atoms with Crippen molar-refractivity contribution in [3.63, 3.8) is 0 Å². The molecule has 0 aliphatic carbocycles. The lowest BCUT2D eigenvalue weighted by Crippen LogP contribution is -2.03. The second kappa shape index (κ2) is 10.1. The highest BCUT2D eigenvalue weighted by Crippen LogP contribution is 2.21. The molecule has 0 aromatic carbocycles. The van der Waals surface area contributed by atoms with E-state index in [-0.39, 0.29) is 0 Å². The van der Waals surface area contributed by atoms with Crippen LogP contribution in [0.1, 0.15) is 65.2 Å². The predicted octanol–water partition coefficient (Wildman–Crippen LogP) is 4.92. The van der Waals surface area contributed by atoms with E-state index in [2.05, 4.69) is 20.4 Å². The molecule has 0 aliphatic heterocycles. The molecule has 0 N–H and O–H groups in total. The quantitative estimate of drug-likeness (QED) is 0.369. The molecule has 1 heteroatoms. The minimum atomic E-state index is 0.571. The monoisotopic (exact) mass is 212 g/mol. The van der Waals surface area contributed by atoms with E-state index in [1.54, 1.807) is 7.11 Å². The summed E-state index contributed by atoms with van der Waals surface area (Å²) in [5, 5.41) is 0. The van der Waals surface area contributed by atoms with E-state index in [1.165, 1.54) is 44.9 Å². The first-order valence-corrected chi connectivity index (χ1v) is 6.49. The third-order valence-corrected chi connectivity index (χ3v) is 3.12. The number of hydrogen-bond acceptors (Lipinski definition) is 1. The fraction of sp³-hybridized carbons (Fsp3) is 0.857. The van der Waals surface area contributed by atoms with Crippen LogP contribution in [0.15, 0.2) is 12.3 Å². The lowest BCUT2D eigenvalue weighted by Gasteiger charge is -2.16. The summed E-state index contributed by atoms with van der Waals surface area (Å²) in [5.41, 5.74) is 0. The van der Waals surface area contributed by atoms with Gasteiger partial charge in [0.05, 0.1) is 12.9 Å². The zero-order valence-corrected chi connectivity index (χ0v) is 10.8. The van der Waals surface area contributed by atoms with Gasteiger partial charge in [0.25, 0.3) is 0 Å². The molecule has 0 saturated carbocycles. The summed E-state index contributed by atoms with van der Waals surface area (Å²) in [6, 6.07) is 0. The molecule has 15 heavy (non-hydrogen) atoms. The van der Waals surface area contributed by atoms with Crippen molar-refractivity contribution in [2.24, 2.45) is 5.92 Å². The zero-order valence-electron chi connectivity index (χ0n) is 10.8. The van der Waals surface area contributed by atoms with Gasteiger partial charge in [-0.1, -0.05) is 59.0 Å². The minimum Gasteiger partial charge on any atom is -0.501 e. The molecule has 0 aromatic rings. The van der Waals surface area contributed by atoms with E-state index in [0.717, 1.165) is 12.2 Å². The van der Waals surface area contributed by atoms with Gasteiger partial charge in [-0.2, -0.15) is 0 Å². The Labute approximate surface area is 95.9 Å². The van der Waals surface area contributed by atoms with Crippen LogP contribution in [-0.4, -0.2) is 7.11 Å². The topological polar surface area (TPSA) is 9.23 Å². The van der Waals surface area contributed by atoms with Crippen molar-refractivity contribution in [1.82, 2.24) is 0 Å². The lowest BCUT2D eigenvalue weighted by atomic mass is 9.96. The highest BCUT2D eigenvalue weighted by molar-refractivity contribution is 4.89. The van der Waals surface area contributed by atoms with Gasteiger partial charge in [0.2, 0.25) is 0 Å². The van der Waals surface area contributed by atoms with Gasteiger partial charge in [0.15, 0.2) is 0 Å². The average Bonchev–Trinajstić information content (AvgIpc) is 2.27. The molecule has 0 fully saturated rings. The highest BCUT2D eigenvalue weighted by atomic mass is 16.5. The number of rotatable bonds is 10. The van der Waals surface area contributed by atoms with Crippen molar-refractivity contribution in [3.05, 3.63) is 12.3 Å². The zero-order chi connectivity index (χ0) is 11.5. The van der Waals surface area contributed by atoms with Crippen molar-refractivity contribution in [2.75, 3.05) is 7.11 Å². The van der Waals surface area contributed by atoms with E-state index in [4.69, 9.17) is 4.74 Å². The Morgan fingerprint density at radius 1 is 1.07 bits per heavy atom. The predicted molar refractivity (Wildman–Crippen MR) is 67.9 cm³/mol. The molecule has 0 bridgehead atoms. The maximum atomic E-state index is 5.20. The summed E-state index contributed by atoms with van der Waals surface area (Å²) >= 11 is 0. The Hall–Kier alpha value is -0.460. The summed E-state index contributed by atoms with van der Waals surface area (Å²) < 4.78 is 5.20. The molecule has 0 heterocycles. The largest absolute Gasteiger partial charge is 0.501 e. The normalized spacial score (nSPS) is 12.5. The van der Waals surface area contributed by atoms with Gasteiger partial charge in [0, 0.05) is 5.92 Å². The number of ether oxygens (including phenoxy) is 1. The van der Waals surface area contributed by atoms with E-state index < -0.39 is 0 Å². The second-order valence-corrected chi connectivity index (χ2v) is 4.33. The molecule has 0 rings (SSSR count). The van der Waals surface area contributed by atoms with Gasteiger partial charge in [-0.25, -0.2) is 0 Å². The maximum Gasteiger partial charge on any atom is 0.0914 e. The van der Waals surface area contributed by atoms with Crippen LogP contribution >= 0.6 is 0 Å². The summed E-state index contributed by atoms with van der Waals surface area (Å²) in [4.78, 5) is 0. The minimum absolute atomic E-state index is 0.571. The maximum absolute atomic E-state index is 5.20. The van der Waals surface area contributed by atoms with Gasteiger partial charge in [-0.3, -0.25) is 0 Å². The van der Waals surface area contributed by atoms with Crippen LogP contribution in [0.5, 0.6) is 0 Å². The van der Waals surface area contributed by atoms with Crippen LogP contribution in [0.4, 0.5) is 0 Å². The molecule has 0 saturated heterocycles. The fourth-order valence-electron chi connectivity index (χ4n) is 1.93. The summed E-state index contributed by atoms with van der Waals surface area (Å²) in [5.74, 6) is 1.53.